The smallest absolute Gasteiger partial charge is 0.127 e. The van der Waals surface area contributed by atoms with Crippen molar-refractivity contribution in [3.63, 3.8) is 0 Å². The van der Waals surface area contributed by atoms with Gasteiger partial charge in [-0.05, 0) is 81.6 Å². The molecule has 4 unspecified atom stereocenters. The molecule has 4 atom stereocenters. The lowest BCUT2D eigenvalue weighted by atomic mass is 9.96. The number of fused-ring (bicyclic) bond motifs is 1. The van der Waals surface area contributed by atoms with Crippen molar-refractivity contribution in [2.24, 2.45) is 11.5 Å². The van der Waals surface area contributed by atoms with Gasteiger partial charge in [0, 0.05) is 29.6 Å². The van der Waals surface area contributed by atoms with Gasteiger partial charge in [-0.15, -0.1) is 0 Å². The molecule has 0 radical (unpaired) electrons. The van der Waals surface area contributed by atoms with Crippen LogP contribution in [0.4, 0.5) is 0 Å². The van der Waals surface area contributed by atoms with Crippen molar-refractivity contribution in [1.82, 2.24) is 4.90 Å². The fourth-order valence-electron chi connectivity index (χ4n) is 4.43. The molecule has 39 heavy (non-hydrogen) atoms. The molecule has 0 aromatic heterocycles. The predicted molar refractivity (Wildman–Crippen MR) is 155 cm³/mol. The lowest BCUT2D eigenvalue weighted by molar-refractivity contribution is 0.263. The first-order chi connectivity index (χ1) is 18.7. The Balaban J connectivity index is 0.000000181. The fourth-order valence-corrected chi connectivity index (χ4v) is 4.43. The van der Waals surface area contributed by atoms with Crippen molar-refractivity contribution in [3.05, 3.63) is 65.2 Å². The minimum absolute atomic E-state index is 0.0312. The van der Waals surface area contributed by atoms with Crippen LogP contribution < -0.4 is 20.9 Å². The van der Waals surface area contributed by atoms with Crippen LogP contribution in [-0.2, 0) is 28.9 Å². The summed E-state index contributed by atoms with van der Waals surface area (Å²) in [5.74, 6) is 2.14. The van der Waals surface area contributed by atoms with E-state index < -0.39 is 0 Å². The van der Waals surface area contributed by atoms with Crippen LogP contribution in [0.5, 0.6) is 17.2 Å². The second kappa shape index (κ2) is 13.5. The standard InChI is InChI=1S/C16H16O4.C15H27N3O/c1-2-11-6-12(17-7-13-8-18-13)4-5-15(11)16(3-1)20-10-14-9-19-14;1-10(16)5-12-7-13(6-11(2)17)15(19)14(8-12)9-18(3)4/h1-6,13-14H,7-10H2;7-8,10-11,19H,5-6,9,16-17H2,1-4H3. The van der Waals surface area contributed by atoms with Crippen molar-refractivity contribution in [2.75, 3.05) is 40.5 Å². The van der Waals surface area contributed by atoms with Gasteiger partial charge in [0.15, 0.2) is 0 Å². The maximum atomic E-state index is 10.3. The van der Waals surface area contributed by atoms with Crippen LogP contribution in [-0.4, -0.2) is 74.8 Å². The average Bonchev–Trinajstić information content (AvgIpc) is 3.79. The molecule has 3 aromatic carbocycles. The normalized spacial score (nSPS) is 19.3. The number of hydrogen-bond acceptors (Lipinski definition) is 8. The Morgan fingerprint density at radius 2 is 1.54 bits per heavy atom. The number of phenols is 1. The van der Waals surface area contributed by atoms with Crippen LogP contribution in [0.3, 0.4) is 0 Å². The molecule has 3 aromatic rings. The fraction of sp³-hybridized carbons (Fsp3) is 0.484. The highest BCUT2D eigenvalue weighted by molar-refractivity contribution is 5.89. The highest BCUT2D eigenvalue weighted by Gasteiger charge is 2.24. The quantitative estimate of drug-likeness (QED) is 0.300. The third-order valence-electron chi connectivity index (χ3n) is 6.39. The zero-order valence-electron chi connectivity index (χ0n) is 23.6. The van der Waals surface area contributed by atoms with Crippen molar-refractivity contribution < 1.29 is 24.1 Å². The summed E-state index contributed by atoms with van der Waals surface area (Å²) in [6, 6.07) is 16.3. The molecular formula is C31H43N3O5. The van der Waals surface area contributed by atoms with Gasteiger partial charge in [0.2, 0.25) is 0 Å². The molecule has 2 fully saturated rings. The molecule has 0 saturated carbocycles. The molecule has 0 spiro atoms. The van der Waals surface area contributed by atoms with Crippen LogP contribution in [0.15, 0.2) is 48.5 Å². The second-order valence-corrected chi connectivity index (χ2v) is 11.0. The Morgan fingerprint density at radius 3 is 2.15 bits per heavy atom. The molecule has 0 amide bonds. The number of epoxide rings is 2. The minimum atomic E-state index is 0.0312. The highest BCUT2D eigenvalue weighted by atomic mass is 16.6. The van der Waals surface area contributed by atoms with E-state index in [1.54, 1.807) is 0 Å². The number of nitrogens with zero attached hydrogens (tertiary/aromatic N) is 1. The first-order valence-electron chi connectivity index (χ1n) is 13.7. The lowest BCUT2D eigenvalue weighted by Crippen LogP contribution is -2.20. The van der Waals surface area contributed by atoms with Gasteiger partial charge in [-0.3, -0.25) is 0 Å². The number of ether oxygens (including phenoxy) is 4. The highest BCUT2D eigenvalue weighted by Crippen LogP contribution is 2.30. The van der Waals surface area contributed by atoms with E-state index in [0.29, 0.717) is 31.9 Å². The van der Waals surface area contributed by atoms with Crippen LogP contribution in [0.2, 0.25) is 0 Å². The molecule has 2 saturated heterocycles. The van der Waals surface area contributed by atoms with Gasteiger partial charge in [-0.1, -0.05) is 24.3 Å². The SMILES string of the molecule is CC(N)Cc1cc(CC(C)N)c(O)c(CN(C)C)c1.c1cc(OCC2CO2)c2ccc(OCC3CO3)cc2c1. The Bertz CT molecular complexity index is 1190. The van der Waals surface area contributed by atoms with Gasteiger partial charge in [-0.25, -0.2) is 0 Å². The summed E-state index contributed by atoms with van der Waals surface area (Å²) in [5.41, 5.74) is 14.7. The number of benzene rings is 3. The van der Waals surface area contributed by atoms with Gasteiger partial charge in [0.25, 0.3) is 0 Å². The summed E-state index contributed by atoms with van der Waals surface area (Å²) in [4.78, 5) is 2.04. The number of aromatic hydroxyl groups is 1. The first-order valence-corrected chi connectivity index (χ1v) is 13.7. The monoisotopic (exact) mass is 537 g/mol. The number of phenolic OH excluding ortho intramolecular Hbond substituents is 1. The summed E-state index contributed by atoms with van der Waals surface area (Å²) in [5, 5.41) is 12.6. The molecule has 2 heterocycles. The van der Waals surface area contributed by atoms with Crippen LogP contribution >= 0.6 is 0 Å². The second-order valence-electron chi connectivity index (χ2n) is 11.0. The molecule has 0 bridgehead atoms. The zero-order chi connectivity index (χ0) is 27.9. The van der Waals surface area contributed by atoms with E-state index in [-0.39, 0.29) is 24.3 Å². The topological polar surface area (TPSA) is 119 Å². The van der Waals surface area contributed by atoms with Crippen molar-refractivity contribution in [1.29, 1.82) is 0 Å². The number of hydrogen-bond donors (Lipinski definition) is 3. The summed E-state index contributed by atoms with van der Waals surface area (Å²) in [6.45, 7) is 7.52. The third kappa shape index (κ3) is 9.37. The molecule has 2 aliphatic rings. The van der Waals surface area contributed by atoms with Crippen LogP contribution in [0.1, 0.15) is 30.5 Å². The molecular weight excluding hydrogens is 494 g/mol. The Labute approximate surface area is 231 Å². The molecule has 8 nitrogen and oxygen atoms in total. The van der Waals surface area contributed by atoms with E-state index >= 15 is 0 Å². The van der Waals surface area contributed by atoms with Gasteiger partial charge in [0.05, 0.1) is 13.2 Å². The number of rotatable bonds is 12. The Hall–Kier alpha value is -2.88. The largest absolute Gasteiger partial charge is 0.507 e. The average molecular weight is 538 g/mol. The summed E-state index contributed by atoms with van der Waals surface area (Å²) < 4.78 is 21.8. The van der Waals surface area contributed by atoms with Crippen molar-refractivity contribution in [2.45, 2.75) is 57.5 Å². The lowest BCUT2D eigenvalue weighted by Gasteiger charge is -2.18. The molecule has 2 aliphatic heterocycles. The van der Waals surface area contributed by atoms with E-state index in [4.69, 9.17) is 30.4 Å². The van der Waals surface area contributed by atoms with Gasteiger partial charge < -0.3 is 40.4 Å². The van der Waals surface area contributed by atoms with Crippen molar-refractivity contribution >= 4 is 10.8 Å². The molecule has 5 N–H and O–H groups in total. The molecule has 5 rings (SSSR count). The minimum Gasteiger partial charge on any atom is -0.507 e. The summed E-state index contributed by atoms with van der Waals surface area (Å²) >= 11 is 0. The summed E-state index contributed by atoms with van der Waals surface area (Å²) in [7, 11) is 3.98. The van der Waals surface area contributed by atoms with E-state index in [2.05, 4.69) is 6.07 Å². The van der Waals surface area contributed by atoms with Gasteiger partial charge in [-0.2, -0.15) is 0 Å². The van der Waals surface area contributed by atoms with E-state index in [9.17, 15) is 5.11 Å². The molecule has 8 heteroatoms. The molecule has 0 aliphatic carbocycles. The maximum Gasteiger partial charge on any atom is 0.127 e. The van der Waals surface area contributed by atoms with Gasteiger partial charge in [0.1, 0.15) is 42.7 Å². The zero-order valence-corrected chi connectivity index (χ0v) is 23.6. The Morgan fingerprint density at radius 1 is 0.897 bits per heavy atom. The van der Waals surface area contributed by atoms with E-state index in [0.717, 1.165) is 53.0 Å². The third-order valence-corrected chi connectivity index (χ3v) is 6.39. The van der Waals surface area contributed by atoms with Crippen molar-refractivity contribution in [3.8, 4) is 17.2 Å². The van der Waals surface area contributed by atoms with Crippen LogP contribution in [0.25, 0.3) is 10.8 Å². The predicted octanol–water partition coefficient (Wildman–Crippen LogP) is 3.63. The van der Waals surface area contributed by atoms with Crippen LogP contribution in [0, 0.1) is 0 Å². The Kier molecular flexibility index (Phi) is 10.0. The maximum absolute atomic E-state index is 10.3. The molecule has 212 valence electrons. The first kappa shape index (κ1) is 29.1. The number of nitrogens with two attached hydrogens (primary N) is 2. The van der Waals surface area contributed by atoms with E-state index in [1.165, 1.54) is 5.56 Å². The summed E-state index contributed by atoms with van der Waals surface area (Å²) in [6.07, 6.45) is 2.04. The van der Waals surface area contributed by atoms with Gasteiger partial charge >= 0.3 is 0 Å². The van der Waals surface area contributed by atoms with E-state index in [1.807, 2.05) is 75.3 Å².